The van der Waals surface area contributed by atoms with E-state index in [2.05, 4.69) is 9.88 Å². The van der Waals surface area contributed by atoms with Crippen molar-refractivity contribution in [3.63, 3.8) is 0 Å². The summed E-state index contributed by atoms with van der Waals surface area (Å²) in [5.41, 5.74) is 1.82. The number of nitrogens with zero attached hydrogens (tertiary/aromatic N) is 2. The number of para-hydroxylation sites is 1. The average molecular weight is 786 g/mol. The van der Waals surface area contributed by atoms with Crippen molar-refractivity contribution in [1.82, 2.24) is 4.90 Å². The highest BCUT2D eigenvalue weighted by Gasteiger charge is 2.38. The van der Waals surface area contributed by atoms with Crippen molar-refractivity contribution in [1.29, 1.82) is 0 Å². The first kappa shape index (κ1) is 37.8. The molecule has 4 heterocycles. The van der Waals surface area contributed by atoms with Crippen molar-refractivity contribution in [2.24, 2.45) is 11.8 Å². The van der Waals surface area contributed by atoms with Crippen molar-refractivity contribution in [2.75, 3.05) is 31.1 Å². The summed E-state index contributed by atoms with van der Waals surface area (Å²) in [5.74, 6) is -0.706. The highest BCUT2D eigenvalue weighted by molar-refractivity contribution is 6.35. The van der Waals surface area contributed by atoms with Crippen molar-refractivity contribution in [2.45, 2.75) is 57.5 Å². The molecular formula is C40H39Cl2F3N3O6+. The number of pyridine rings is 1. The van der Waals surface area contributed by atoms with Gasteiger partial charge in [0, 0.05) is 18.5 Å². The number of ether oxygens (including phenoxy) is 4. The van der Waals surface area contributed by atoms with Gasteiger partial charge in [0.05, 0.1) is 24.4 Å². The minimum Gasteiger partial charge on any atom is -0.489 e. The molecular weight excluding hydrogens is 746 g/mol. The van der Waals surface area contributed by atoms with Crippen molar-refractivity contribution >= 4 is 41.0 Å². The Morgan fingerprint density at radius 2 is 1.65 bits per heavy atom. The van der Waals surface area contributed by atoms with Crippen LogP contribution in [0.3, 0.4) is 0 Å². The van der Waals surface area contributed by atoms with E-state index < -0.39 is 30.6 Å². The van der Waals surface area contributed by atoms with Gasteiger partial charge in [-0.15, -0.1) is 0 Å². The number of fused-ring (bicyclic) bond motifs is 3. The molecule has 14 heteroatoms. The zero-order valence-electron chi connectivity index (χ0n) is 29.2. The fourth-order valence-electron chi connectivity index (χ4n) is 6.89. The highest BCUT2D eigenvalue weighted by atomic mass is 35.5. The van der Waals surface area contributed by atoms with Crippen LogP contribution in [0.15, 0.2) is 79.1 Å². The number of H-pyrrole nitrogens is 1. The Labute approximate surface area is 320 Å². The smallest absolute Gasteiger partial charge is 0.415 e. The quantitative estimate of drug-likeness (QED) is 0.118. The van der Waals surface area contributed by atoms with Crippen LogP contribution in [0, 0.1) is 17.7 Å². The number of esters is 1. The number of anilines is 1. The molecule has 1 aliphatic carbocycles. The maximum absolute atomic E-state index is 15.1. The number of rotatable bonds is 14. The van der Waals surface area contributed by atoms with Crippen molar-refractivity contribution in [3.05, 3.63) is 117 Å². The van der Waals surface area contributed by atoms with Crippen LogP contribution in [0.1, 0.15) is 58.8 Å². The number of halogens is 5. The number of benzene rings is 3. The molecule has 4 fully saturated rings. The minimum absolute atomic E-state index is 0.0164. The number of piperidine rings is 3. The van der Waals surface area contributed by atoms with Gasteiger partial charge < -0.3 is 18.9 Å². The number of hydrogen-bond acceptors (Lipinski definition) is 7. The summed E-state index contributed by atoms with van der Waals surface area (Å²) in [6.07, 6.45) is 5.11. The summed E-state index contributed by atoms with van der Waals surface area (Å²) in [5, 5.41) is 0.615. The Balaban J connectivity index is 1.11. The number of hydrogen-bond donors (Lipinski definition) is 0. The van der Waals surface area contributed by atoms with E-state index in [0.717, 1.165) is 38.8 Å². The number of nitrogens with one attached hydrogen (secondary N) is 1. The summed E-state index contributed by atoms with van der Waals surface area (Å²) in [6, 6.07) is 16.8. The van der Waals surface area contributed by atoms with Crippen LogP contribution < -0.4 is 19.4 Å². The predicted molar refractivity (Wildman–Crippen MR) is 195 cm³/mol. The molecule has 8 rings (SSSR count). The SMILES string of the molecule is O=C(O[C@@H](Cc1c(Cl)c[nH+]cc1Cl)c1ccc(OC(F)F)c(OCC2CC2)c1)c1ccc(CN(C(=O)O[C@H]2CN3CCC2CC3)c2ccccc2F)cc1. The lowest BCUT2D eigenvalue weighted by Crippen LogP contribution is -2.53. The zero-order valence-corrected chi connectivity index (χ0v) is 30.7. The molecule has 1 amide bonds. The van der Waals surface area contributed by atoms with Crippen LogP contribution in [0.4, 0.5) is 23.7 Å². The third-order valence-corrected chi connectivity index (χ3v) is 10.8. The number of amides is 1. The summed E-state index contributed by atoms with van der Waals surface area (Å²) >= 11 is 13.0. The molecule has 3 saturated heterocycles. The molecule has 0 unspecified atom stereocenters. The third-order valence-electron chi connectivity index (χ3n) is 10.1. The van der Waals surface area contributed by atoms with Gasteiger partial charge in [0.1, 0.15) is 28.1 Å². The van der Waals surface area contributed by atoms with Crippen LogP contribution in [0.2, 0.25) is 10.0 Å². The molecule has 1 saturated carbocycles. The highest BCUT2D eigenvalue weighted by Crippen LogP contribution is 2.38. The topological polar surface area (TPSA) is 91.7 Å². The number of aromatic nitrogens is 1. The van der Waals surface area contributed by atoms with Gasteiger partial charge in [-0.2, -0.15) is 8.78 Å². The van der Waals surface area contributed by atoms with Crippen LogP contribution >= 0.6 is 23.2 Å². The van der Waals surface area contributed by atoms with E-state index in [-0.39, 0.29) is 47.7 Å². The summed E-state index contributed by atoms with van der Waals surface area (Å²) in [4.78, 5) is 33.7. The molecule has 4 aromatic rings. The van der Waals surface area contributed by atoms with Gasteiger partial charge in [-0.1, -0.05) is 53.5 Å². The van der Waals surface area contributed by atoms with Gasteiger partial charge in [0.25, 0.3) is 0 Å². The van der Waals surface area contributed by atoms with Crippen molar-refractivity contribution < 1.29 is 46.7 Å². The van der Waals surface area contributed by atoms with Crippen LogP contribution in [0.5, 0.6) is 11.5 Å². The first-order valence-corrected chi connectivity index (χ1v) is 18.7. The van der Waals surface area contributed by atoms with E-state index in [4.69, 9.17) is 42.1 Å². The fourth-order valence-corrected chi connectivity index (χ4v) is 7.42. The van der Waals surface area contributed by atoms with Crippen LogP contribution in [-0.2, 0) is 22.4 Å². The first-order valence-electron chi connectivity index (χ1n) is 17.9. The lowest BCUT2D eigenvalue weighted by atomic mass is 9.86. The normalized spacial score (nSPS) is 19.6. The molecule has 2 atom stereocenters. The molecule has 0 spiro atoms. The van der Waals surface area contributed by atoms with E-state index in [1.54, 1.807) is 48.8 Å². The van der Waals surface area contributed by atoms with Crippen LogP contribution in [-0.4, -0.2) is 55.9 Å². The summed E-state index contributed by atoms with van der Waals surface area (Å²) in [6.45, 7) is -0.131. The Morgan fingerprint density at radius 3 is 2.30 bits per heavy atom. The van der Waals surface area contributed by atoms with E-state index >= 15 is 4.39 Å². The van der Waals surface area contributed by atoms with Gasteiger partial charge >= 0.3 is 18.7 Å². The number of alkyl halides is 2. The molecule has 4 aliphatic rings. The average Bonchev–Trinajstić information content (AvgIpc) is 4.00. The molecule has 54 heavy (non-hydrogen) atoms. The lowest BCUT2D eigenvalue weighted by Gasteiger charge is -2.44. The molecule has 1 N–H and O–H groups in total. The molecule has 0 radical (unpaired) electrons. The molecule has 1 aromatic heterocycles. The van der Waals surface area contributed by atoms with E-state index in [0.29, 0.717) is 45.8 Å². The van der Waals surface area contributed by atoms with E-state index in [9.17, 15) is 18.4 Å². The van der Waals surface area contributed by atoms with Crippen LogP contribution in [0.25, 0.3) is 0 Å². The molecule has 9 nitrogen and oxygen atoms in total. The van der Waals surface area contributed by atoms with E-state index in [1.165, 1.54) is 35.2 Å². The van der Waals surface area contributed by atoms with Gasteiger partial charge in [-0.3, -0.25) is 9.80 Å². The van der Waals surface area contributed by atoms with Gasteiger partial charge in [-0.25, -0.2) is 19.0 Å². The maximum atomic E-state index is 15.1. The maximum Gasteiger partial charge on any atom is 0.415 e. The standard InChI is InChI=1S/C40H38Cl2F3N3O6/c41-30-19-46-20-31(42)29(30)18-35(28-11-12-34(53-39(44)45)36(17-28)51-23-25-5-6-25)52-38(49)27-9-7-24(8-10-27)21-48(33-4-2-1-3-32(33)43)40(50)54-37-22-47-15-13-26(37)14-16-47/h1-4,7-12,17,19-20,25-26,35,37,39H,5-6,13-16,18,21-23H2/p+1/t35-,37-/m0/s1. The third kappa shape index (κ3) is 9.22. The zero-order chi connectivity index (χ0) is 37.8. The molecule has 284 valence electrons. The second-order valence-corrected chi connectivity index (χ2v) is 14.7. The fraction of sp³-hybridized carbons (Fsp3) is 0.375. The van der Waals surface area contributed by atoms with Gasteiger partial charge in [0.2, 0.25) is 0 Å². The Hall–Kier alpha value is -4.52. The number of carbonyl (C=O) groups excluding carboxylic acids is 2. The predicted octanol–water partition coefficient (Wildman–Crippen LogP) is 8.72. The largest absolute Gasteiger partial charge is 0.489 e. The Morgan fingerprint density at radius 1 is 0.926 bits per heavy atom. The monoisotopic (exact) mass is 784 g/mol. The second-order valence-electron chi connectivity index (χ2n) is 13.9. The van der Waals surface area contributed by atoms with Gasteiger partial charge in [-0.05, 0) is 98.1 Å². The summed E-state index contributed by atoms with van der Waals surface area (Å²) in [7, 11) is 0. The molecule has 3 aliphatic heterocycles. The Bertz CT molecular complexity index is 1940. The lowest BCUT2D eigenvalue weighted by molar-refractivity contribution is -0.377. The number of carbonyl (C=O) groups is 2. The minimum atomic E-state index is -3.07. The van der Waals surface area contributed by atoms with Gasteiger partial charge in [0.15, 0.2) is 23.9 Å². The van der Waals surface area contributed by atoms with E-state index in [1.807, 2.05) is 0 Å². The summed E-state index contributed by atoms with van der Waals surface area (Å²) < 4.78 is 64.2. The first-order chi connectivity index (χ1) is 26.1. The van der Waals surface area contributed by atoms with Crippen molar-refractivity contribution in [3.8, 4) is 11.5 Å². The number of aromatic amines is 1. The second kappa shape index (κ2) is 16.9. The Kier molecular flexibility index (Phi) is 11.8. The molecule has 3 aromatic carbocycles. The molecule has 2 bridgehead atoms.